The molecule has 1 aliphatic heterocycles. The number of benzene rings is 2. The molecule has 0 saturated heterocycles. The molecule has 0 spiro atoms. The van der Waals surface area contributed by atoms with Crippen LogP contribution in [-0.2, 0) is 11.3 Å². The number of aromatic nitrogens is 1. The van der Waals surface area contributed by atoms with Gasteiger partial charge in [-0.2, -0.15) is 0 Å². The van der Waals surface area contributed by atoms with E-state index < -0.39 is 0 Å². The monoisotopic (exact) mass is 288 g/mol. The lowest BCUT2D eigenvalue weighted by Crippen LogP contribution is -2.31. The SMILES string of the molecule is O=C(NCc1c[nH]c2ccccc12)C1=c2ccccc2=[N+]=C1. The van der Waals surface area contributed by atoms with Crippen LogP contribution in [0.5, 0.6) is 0 Å². The summed E-state index contributed by atoms with van der Waals surface area (Å²) in [6, 6.07) is 15.7. The van der Waals surface area contributed by atoms with E-state index in [1.807, 2.05) is 54.7 Å². The molecule has 0 saturated carbocycles. The molecule has 0 fully saturated rings. The molecule has 0 radical (unpaired) electrons. The van der Waals surface area contributed by atoms with Crippen LogP contribution in [0.15, 0.2) is 54.7 Å². The third-order valence-corrected chi connectivity index (χ3v) is 3.89. The minimum absolute atomic E-state index is 0.0982. The van der Waals surface area contributed by atoms with Gasteiger partial charge in [0.25, 0.3) is 5.91 Å². The Morgan fingerprint density at radius 1 is 1.09 bits per heavy atom. The van der Waals surface area contributed by atoms with E-state index in [4.69, 9.17) is 0 Å². The molecule has 0 bridgehead atoms. The van der Waals surface area contributed by atoms with Crippen LogP contribution in [0.1, 0.15) is 5.56 Å². The first kappa shape index (κ1) is 12.6. The lowest BCUT2D eigenvalue weighted by molar-refractivity contribution is -0.115. The smallest absolute Gasteiger partial charge is 0.335 e. The van der Waals surface area contributed by atoms with E-state index >= 15 is 0 Å². The van der Waals surface area contributed by atoms with Crippen molar-refractivity contribution in [1.29, 1.82) is 0 Å². The van der Waals surface area contributed by atoms with Crippen LogP contribution in [0.3, 0.4) is 0 Å². The predicted molar refractivity (Wildman–Crippen MR) is 86.5 cm³/mol. The second kappa shape index (κ2) is 5.02. The van der Waals surface area contributed by atoms with Gasteiger partial charge in [-0.05, 0) is 17.7 Å². The Bertz CT molecular complexity index is 1040. The van der Waals surface area contributed by atoms with Crippen molar-refractivity contribution in [3.8, 4) is 0 Å². The maximum atomic E-state index is 12.4. The van der Waals surface area contributed by atoms with Gasteiger partial charge in [0.15, 0.2) is 0 Å². The van der Waals surface area contributed by atoms with Gasteiger partial charge < -0.3 is 10.3 Å². The zero-order chi connectivity index (χ0) is 14.9. The highest BCUT2D eigenvalue weighted by Gasteiger charge is 2.19. The fourth-order valence-corrected chi connectivity index (χ4v) is 2.75. The van der Waals surface area contributed by atoms with Crippen molar-refractivity contribution in [3.63, 3.8) is 0 Å². The molecule has 3 aromatic rings. The Morgan fingerprint density at radius 2 is 1.91 bits per heavy atom. The number of fused-ring (bicyclic) bond motifs is 2. The minimum Gasteiger partial charge on any atom is -0.361 e. The van der Waals surface area contributed by atoms with E-state index in [-0.39, 0.29) is 5.91 Å². The molecule has 4 nitrogen and oxygen atoms in total. The summed E-state index contributed by atoms with van der Waals surface area (Å²) >= 11 is 0. The Balaban J connectivity index is 1.59. The number of carbonyl (C=O) groups is 1. The third-order valence-electron chi connectivity index (χ3n) is 3.89. The number of aromatic amines is 1. The quantitative estimate of drug-likeness (QED) is 0.674. The Kier molecular flexibility index (Phi) is 2.88. The van der Waals surface area contributed by atoms with E-state index in [1.165, 1.54) is 0 Å². The summed E-state index contributed by atoms with van der Waals surface area (Å²) in [6.45, 7) is 0.488. The van der Waals surface area contributed by atoms with Crippen LogP contribution in [0.25, 0.3) is 16.5 Å². The molecule has 2 heterocycles. The zero-order valence-corrected chi connectivity index (χ0v) is 11.8. The highest BCUT2D eigenvalue weighted by molar-refractivity contribution is 6.34. The standard InChI is InChI=1S/C18H13N3O/c22-18(15-11-20-17-8-4-2-6-14(15)17)21-10-12-9-19-16-7-3-1-5-13(12)16/h1-9,11,19H,10H2/p+1. The number of nitrogens with one attached hydrogen (secondary N) is 2. The molecule has 2 N–H and O–H groups in total. The maximum Gasteiger partial charge on any atom is 0.335 e. The lowest BCUT2D eigenvalue weighted by Gasteiger charge is -2.02. The van der Waals surface area contributed by atoms with Gasteiger partial charge in [0, 0.05) is 29.7 Å². The maximum absolute atomic E-state index is 12.4. The van der Waals surface area contributed by atoms with Gasteiger partial charge in [-0.25, -0.2) is 0 Å². The first-order valence-corrected chi connectivity index (χ1v) is 7.16. The number of para-hydroxylation sites is 2. The summed E-state index contributed by atoms with van der Waals surface area (Å²) in [5.74, 6) is -0.0982. The van der Waals surface area contributed by atoms with Gasteiger partial charge >= 0.3 is 11.6 Å². The van der Waals surface area contributed by atoms with Gasteiger partial charge in [0.05, 0.1) is 5.22 Å². The first-order chi connectivity index (χ1) is 10.8. The number of H-pyrrole nitrogens is 1. The third kappa shape index (κ3) is 2.03. The second-order valence-electron chi connectivity index (χ2n) is 5.23. The fourth-order valence-electron chi connectivity index (χ4n) is 2.75. The Hall–Kier alpha value is -3.10. The number of amides is 1. The average Bonchev–Trinajstić information content (AvgIpc) is 3.17. The summed E-state index contributed by atoms with van der Waals surface area (Å²) in [4.78, 5) is 15.6. The largest absolute Gasteiger partial charge is 0.361 e. The highest BCUT2D eigenvalue weighted by atomic mass is 16.1. The Labute approximate surface area is 126 Å². The molecule has 0 aliphatic carbocycles. The van der Waals surface area contributed by atoms with Gasteiger partial charge in [0.1, 0.15) is 5.57 Å². The molecule has 1 aliphatic rings. The summed E-state index contributed by atoms with van der Waals surface area (Å²) in [5.41, 5.74) is 2.77. The molecule has 106 valence electrons. The van der Waals surface area contributed by atoms with Crippen molar-refractivity contribution in [2.75, 3.05) is 0 Å². The predicted octanol–water partition coefficient (Wildman–Crippen LogP) is 0.406. The minimum atomic E-state index is -0.0982. The number of carbonyl (C=O) groups excluding carboxylic acids is 1. The van der Waals surface area contributed by atoms with Crippen molar-refractivity contribution in [2.45, 2.75) is 6.54 Å². The van der Waals surface area contributed by atoms with E-state index in [0.717, 1.165) is 27.0 Å². The van der Waals surface area contributed by atoms with Crippen LogP contribution in [0.4, 0.5) is 0 Å². The van der Waals surface area contributed by atoms with E-state index in [9.17, 15) is 4.79 Å². The number of hydrogen-bond acceptors (Lipinski definition) is 1. The summed E-state index contributed by atoms with van der Waals surface area (Å²) in [6.07, 6.45) is 3.57. The van der Waals surface area contributed by atoms with E-state index in [2.05, 4.69) is 15.0 Å². The van der Waals surface area contributed by atoms with Crippen LogP contribution < -0.4 is 20.6 Å². The van der Waals surface area contributed by atoms with Gasteiger partial charge in [-0.1, -0.05) is 35.0 Å². The van der Waals surface area contributed by atoms with Crippen LogP contribution in [0.2, 0.25) is 0 Å². The van der Waals surface area contributed by atoms with Crippen molar-refractivity contribution in [1.82, 2.24) is 15.0 Å². The van der Waals surface area contributed by atoms with E-state index in [0.29, 0.717) is 12.1 Å². The number of rotatable bonds is 3. The van der Waals surface area contributed by atoms with Gasteiger partial charge in [-0.15, -0.1) is 0 Å². The fraction of sp³-hybridized carbons (Fsp3) is 0.0556. The summed E-state index contributed by atoms with van der Waals surface area (Å²) in [7, 11) is 0. The van der Waals surface area contributed by atoms with Crippen LogP contribution >= 0.6 is 0 Å². The summed E-state index contributed by atoms with van der Waals surface area (Å²) in [5, 5.41) is 5.84. The average molecular weight is 288 g/mol. The lowest BCUT2D eigenvalue weighted by atomic mass is 10.1. The van der Waals surface area contributed by atoms with Crippen molar-refractivity contribution >= 4 is 28.6 Å². The van der Waals surface area contributed by atoms with E-state index in [1.54, 1.807) is 6.21 Å². The van der Waals surface area contributed by atoms with Gasteiger partial charge in [0.2, 0.25) is 0 Å². The second-order valence-corrected chi connectivity index (χ2v) is 5.23. The normalized spacial score (nSPS) is 12.3. The Morgan fingerprint density at radius 3 is 2.86 bits per heavy atom. The van der Waals surface area contributed by atoms with Gasteiger partial charge in [-0.3, -0.25) is 4.79 Å². The molecule has 0 unspecified atom stereocenters. The molecule has 22 heavy (non-hydrogen) atoms. The first-order valence-electron chi connectivity index (χ1n) is 7.16. The van der Waals surface area contributed by atoms with Crippen molar-refractivity contribution < 1.29 is 4.79 Å². The number of nitrogens with zero attached hydrogens (tertiary/aromatic N) is 1. The molecule has 1 aromatic heterocycles. The van der Waals surface area contributed by atoms with Crippen molar-refractivity contribution in [2.24, 2.45) is 0 Å². The molecule has 4 heteroatoms. The highest BCUT2D eigenvalue weighted by Crippen LogP contribution is 2.17. The molecular formula is C18H14N3O+. The topological polar surface area (TPSA) is 59.0 Å². The molecule has 0 atom stereocenters. The molecule has 4 rings (SSSR count). The molecular weight excluding hydrogens is 274 g/mol. The summed E-state index contributed by atoms with van der Waals surface area (Å²) < 4.78 is 4.27. The number of hydrogen-bond donors (Lipinski definition) is 2. The zero-order valence-electron chi connectivity index (χ0n) is 11.8. The molecule has 1 amide bonds. The van der Waals surface area contributed by atoms with Crippen LogP contribution in [0, 0.1) is 0 Å². The molecule has 2 aromatic carbocycles. The van der Waals surface area contributed by atoms with Crippen LogP contribution in [-0.4, -0.2) is 17.1 Å². The van der Waals surface area contributed by atoms with Crippen molar-refractivity contribution in [3.05, 3.63) is 70.9 Å².